The molecule has 2 N–H and O–H groups in total. The molecule has 0 aliphatic carbocycles. The predicted molar refractivity (Wildman–Crippen MR) is 131 cm³/mol. The van der Waals surface area contributed by atoms with Crippen molar-refractivity contribution in [1.82, 2.24) is 20.2 Å². The molecule has 1 fully saturated rings. The van der Waals surface area contributed by atoms with Crippen molar-refractivity contribution in [1.29, 1.82) is 0 Å². The molecular weight excluding hydrogens is 477 g/mol. The number of hydrogen-bond acceptors (Lipinski definition) is 3. The lowest BCUT2D eigenvalue weighted by Gasteiger charge is -2.40. The molecule has 29 heavy (non-hydrogen) atoms. The van der Waals surface area contributed by atoms with Gasteiger partial charge >= 0.3 is 0 Å². The zero-order chi connectivity index (χ0) is 20.1. The molecule has 3 rings (SSSR count). The first-order chi connectivity index (χ1) is 13.4. The van der Waals surface area contributed by atoms with Crippen LogP contribution >= 0.6 is 24.0 Å². The van der Waals surface area contributed by atoms with Crippen LogP contribution in [0.1, 0.15) is 39.4 Å². The van der Waals surface area contributed by atoms with E-state index in [9.17, 15) is 0 Å². The molecule has 1 aromatic heterocycles. The van der Waals surface area contributed by atoms with Gasteiger partial charge in [0.15, 0.2) is 5.96 Å². The molecule has 2 atom stereocenters. The number of nitrogens with zero attached hydrogens (tertiary/aromatic N) is 3. The van der Waals surface area contributed by atoms with Crippen LogP contribution in [-0.2, 0) is 11.3 Å². The van der Waals surface area contributed by atoms with Crippen LogP contribution < -0.4 is 10.6 Å². The summed E-state index contributed by atoms with van der Waals surface area (Å²) in [5, 5.41) is 6.95. The van der Waals surface area contributed by atoms with Crippen LogP contribution in [0, 0.1) is 18.3 Å². The summed E-state index contributed by atoms with van der Waals surface area (Å²) < 4.78 is 8.34. The van der Waals surface area contributed by atoms with Crippen molar-refractivity contribution < 1.29 is 4.74 Å². The Bertz CT molecular complexity index is 811. The molecule has 0 saturated carbocycles. The van der Waals surface area contributed by atoms with E-state index >= 15 is 0 Å². The van der Waals surface area contributed by atoms with E-state index in [1.165, 1.54) is 11.9 Å². The quantitative estimate of drug-likeness (QED) is 0.361. The van der Waals surface area contributed by atoms with Gasteiger partial charge in [-0.2, -0.15) is 0 Å². The van der Waals surface area contributed by atoms with Gasteiger partial charge in [-0.05, 0) is 37.3 Å². The number of aryl methyl sites for hydroxylation is 1. The summed E-state index contributed by atoms with van der Waals surface area (Å²) in [6.07, 6.45) is 2.62. The third-order valence-corrected chi connectivity index (χ3v) is 5.53. The number of rotatable bonds is 5. The lowest BCUT2D eigenvalue weighted by Crippen LogP contribution is -2.47. The lowest BCUT2D eigenvalue weighted by atomic mass is 9.78. The Kier molecular flexibility index (Phi) is 8.75. The summed E-state index contributed by atoms with van der Waals surface area (Å²) in [7, 11) is 1.83. The van der Waals surface area contributed by atoms with Gasteiger partial charge in [0, 0.05) is 39.2 Å². The topological polar surface area (TPSA) is 63.5 Å². The minimum Gasteiger partial charge on any atom is -0.377 e. The van der Waals surface area contributed by atoms with Gasteiger partial charge in [-0.25, -0.2) is 4.98 Å². The second-order valence-corrected chi connectivity index (χ2v) is 8.74. The van der Waals surface area contributed by atoms with Crippen LogP contribution in [-0.4, -0.2) is 48.4 Å². The number of benzene rings is 1. The van der Waals surface area contributed by atoms with E-state index in [0.717, 1.165) is 50.0 Å². The van der Waals surface area contributed by atoms with Crippen molar-refractivity contribution in [3.63, 3.8) is 0 Å². The molecule has 0 radical (unpaired) electrons. The van der Waals surface area contributed by atoms with Gasteiger partial charge in [-0.3, -0.25) is 4.99 Å². The van der Waals surface area contributed by atoms with E-state index in [4.69, 9.17) is 4.74 Å². The normalized spacial score (nSPS) is 20.4. The summed E-state index contributed by atoms with van der Waals surface area (Å²) in [6, 6.07) is 8.28. The van der Waals surface area contributed by atoms with Crippen molar-refractivity contribution in [2.24, 2.45) is 16.3 Å². The molecule has 0 bridgehead atoms. The molecule has 1 aromatic carbocycles. The van der Waals surface area contributed by atoms with Crippen LogP contribution in [0.25, 0.3) is 11.0 Å². The number of nitrogens with one attached hydrogen (secondary N) is 2. The maximum absolute atomic E-state index is 6.09. The van der Waals surface area contributed by atoms with Crippen molar-refractivity contribution >= 4 is 41.0 Å². The number of hydrogen-bond donors (Lipinski definition) is 2. The summed E-state index contributed by atoms with van der Waals surface area (Å²) in [6.45, 7) is 12.3. The standard InChI is InChI=1S/C22H35N5O.HI/c1-16-26-18-10-6-7-11-19(18)27(16)13-12-24-21(23-5)25-15-17-9-8-14-28-20(17)22(2,3)4;/h6-7,10-11,17,20H,8-9,12-15H2,1-5H3,(H2,23,24,25);1H. The van der Waals surface area contributed by atoms with Gasteiger partial charge in [-0.1, -0.05) is 32.9 Å². The maximum Gasteiger partial charge on any atom is 0.191 e. The summed E-state index contributed by atoms with van der Waals surface area (Å²) in [5.41, 5.74) is 2.38. The number of imidazole rings is 1. The van der Waals surface area contributed by atoms with E-state index in [2.05, 4.69) is 71.1 Å². The number of para-hydroxylation sites is 2. The van der Waals surface area contributed by atoms with E-state index in [-0.39, 0.29) is 35.5 Å². The first-order valence-corrected chi connectivity index (χ1v) is 10.4. The molecule has 162 valence electrons. The van der Waals surface area contributed by atoms with Crippen molar-refractivity contribution in [2.75, 3.05) is 26.7 Å². The first-order valence-electron chi connectivity index (χ1n) is 10.4. The minimum atomic E-state index is 0. The third kappa shape index (κ3) is 6.07. The van der Waals surface area contributed by atoms with Crippen molar-refractivity contribution in [3.8, 4) is 0 Å². The fourth-order valence-corrected chi connectivity index (χ4v) is 4.22. The van der Waals surface area contributed by atoms with Crippen LogP contribution in [0.2, 0.25) is 0 Å². The molecule has 2 unspecified atom stereocenters. The highest BCUT2D eigenvalue weighted by Crippen LogP contribution is 2.33. The summed E-state index contributed by atoms with van der Waals surface area (Å²) >= 11 is 0. The molecule has 0 spiro atoms. The first kappa shape index (κ1) is 23.9. The minimum absolute atomic E-state index is 0. The van der Waals surface area contributed by atoms with Crippen LogP contribution in [0.15, 0.2) is 29.3 Å². The maximum atomic E-state index is 6.09. The largest absolute Gasteiger partial charge is 0.377 e. The van der Waals surface area contributed by atoms with Gasteiger partial charge in [0.1, 0.15) is 5.82 Å². The molecule has 0 amide bonds. The van der Waals surface area contributed by atoms with Crippen LogP contribution in [0.4, 0.5) is 0 Å². The number of aromatic nitrogens is 2. The zero-order valence-electron chi connectivity index (χ0n) is 18.4. The molecular formula is C22H36IN5O. The Morgan fingerprint density at radius 1 is 1.28 bits per heavy atom. The fraction of sp³-hybridized carbons (Fsp3) is 0.636. The SMILES string of the molecule is CN=C(NCCn1c(C)nc2ccccc21)NCC1CCCOC1C(C)(C)C.I. The van der Waals surface area contributed by atoms with Gasteiger partial charge in [0.25, 0.3) is 0 Å². The van der Waals surface area contributed by atoms with Crippen molar-refractivity contribution in [3.05, 3.63) is 30.1 Å². The fourth-order valence-electron chi connectivity index (χ4n) is 4.22. The number of aliphatic imine (C=N–C) groups is 1. The molecule has 1 aliphatic heterocycles. The number of fused-ring (bicyclic) bond motifs is 1. The monoisotopic (exact) mass is 513 g/mol. The molecule has 7 heteroatoms. The van der Waals surface area contributed by atoms with Gasteiger partial charge in [-0.15, -0.1) is 24.0 Å². The molecule has 2 heterocycles. The van der Waals surface area contributed by atoms with E-state index < -0.39 is 0 Å². The summed E-state index contributed by atoms with van der Waals surface area (Å²) in [5.74, 6) is 2.39. The average Bonchev–Trinajstić information content (AvgIpc) is 2.99. The number of ether oxygens (including phenoxy) is 1. The van der Waals surface area contributed by atoms with E-state index in [1.54, 1.807) is 0 Å². The highest BCUT2D eigenvalue weighted by molar-refractivity contribution is 14.0. The van der Waals surface area contributed by atoms with Crippen molar-refractivity contribution in [2.45, 2.75) is 53.2 Å². The van der Waals surface area contributed by atoms with Gasteiger partial charge in [0.2, 0.25) is 0 Å². The molecule has 1 aliphatic rings. The Hall–Kier alpha value is -1.35. The van der Waals surface area contributed by atoms with Crippen LogP contribution in [0.3, 0.4) is 0 Å². The summed E-state index contributed by atoms with van der Waals surface area (Å²) in [4.78, 5) is 9.03. The Labute approximate surface area is 191 Å². The lowest BCUT2D eigenvalue weighted by molar-refractivity contribution is -0.0835. The third-order valence-electron chi connectivity index (χ3n) is 5.53. The molecule has 6 nitrogen and oxygen atoms in total. The Balaban J connectivity index is 0.00000300. The van der Waals surface area contributed by atoms with Crippen LogP contribution in [0.5, 0.6) is 0 Å². The molecule has 1 saturated heterocycles. The van der Waals surface area contributed by atoms with Gasteiger partial charge in [0.05, 0.1) is 17.1 Å². The van der Waals surface area contributed by atoms with E-state index in [1.807, 2.05) is 13.1 Å². The second kappa shape index (κ2) is 10.6. The van der Waals surface area contributed by atoms with Gasteiger partial charge < -0.3 is 19.9 Å². The number of halogens is 1. The Morgan fingerprint density at radius 3 is 2.76 bits per heavy atom. The second-order valence-electron chi connectivity index (χ2n) is 8.74. The zero-order valence-corrected chi connectivity index (χ0v) is 20.7. The van der Waals surface area contributed by atoms with E-state index in [0.29, 0.717) is 5.92 Å². The highest BCUT2D eigenvalue weighted by Gasteiger charge is 2.35. The molecule has 2 aromatic rings. The number of guanidine groups is 1. The highest BCUT2D eigenvalue weighted by atomic mass is 127. The smallest absolute Gasteiger partial charge is 0.191 e. The average molecular weight is 513 g/mol. The Morgan fingerprint density at radius 2 is 2.03 bits per heavy atom. The predicted octanol–water partition coefficient (Wildman–Crippen LogP) is 3.97.